The molecule has 0 aromatic carbocycles. The second-order valence-electron chi connectivity index (χ2n) is 3.50. The highest BCUT2D eigenvalue weighted by atomic mass is 16.1. The van der Waals surface area contributed by atoms with Crippen LogP contribution in [0.4, 0.5) is 0 Å². The quantitative estimate of drug-likeness (QED) is 0.440. The maximum atomic E-state index is 10.2. The van der Waals surface area contributed by atoms with Gasteiger partial charge in [-0.3, -0.25) is 0 Å². The lowest BCUT2D eigenvalue weighted by molar-refractivity contribution is 0.342. The average molecular weight is 179 g/mol. The van der Waals surface area contributed by atoms with Gasteiger partial charge in [-0.1, -0.05) is 0 Å². The molecule has 13 heavy (non-hydrogen) atoms. The molecule has 0 aromatic rings. The summed E-state index contributed by atoms with van der Waals surface area (Å²) in [5, 5.41) is 8.94. The molecule has 0 bridgehead atoms. The fraction of sp³-hybridized carbons (Fsp3) is 0.778. The van der Waals surface area contributed by atoms with Crippen LogP contribution in [0.15, 0.2) is 4.99 Å². The number of nitriles is 1. The van der Waals surface area contributed by atoms with Gasteiger partial charge in [0.2, 0.25) is 6.08 Å². The Labute approximate surface area is 77.9 Å². The minimum atomic E-state index is -0.799. The molecule has 0 amide bonds. The molecule has 1 aliphatic heterocycles. The van der Waals surface area contributed by atoms with E-state index in [0.717, 1.165) is 19.5 Å². The largest absolute Gasteiger partial charge is 0.306 e. The Morgan fingerprint density at radius 1 is 1.46 bits per heavy atom. The van der Waals surface area contributed by atoms with Crippen LogP contribution in [0.25, 0.3) is 0 Å². The number of likely N-dealkylation sites (tertiary alicyclic amines) is 1. The molecule has 1 atom stereocenters. The Morgan fingerprint density at radius 3 is 2.85 bits per heavy atom. The second kappa shape index (κ2) is 4.18. The second-order valence-corrected chi connectivity index (χ2v) is 3.50. The molecule has 0 aromatic heterocycles. The Bertz CT molecular complexity index is 265. The minimum absolute atomic E-state index is 0.634. The van der Waals surface area contributed by atoms with E-state index >= 15 is 0 Å². The van der Waals surface area contributed by atoms with Crippen LogP contribution in [-0.4, -0.2) is 36.7 Å². The highest BCUT2D eigenvalue weighted by Crippen LogP contribution is 2.24. The van der Waals surface area contributed by atoms with E-state index in [4.69, 9.17) is 5.26 Å². The van der Waals surface area contributed by atoms with Crippen molar-refractivity contribution in [2.45, 2.75) is 24.8 Å². The lowest BCUT2D eigenvalue weighted by atomic mass is 9.93. The molecule has 1 heterocycles. The van der Waals surface area contributed by atoms with Crippen LogP contribution >= 0.6 is 0 Å². The van der Waals surface area contributed by atoms with Gasteiger partial charge in [0, 0.05) is 6.54 Å². The van der Waals surface area contributed by atoms with Gasteiger partial charge >= 0.3 is 0 Å². The average Bonchev–Trinajstić information content (AvgIpc) is 2.30. The van der Waals surface area contributed by atoms with Crippen molar-refractivity contribution >= 4 is 6.08 Å². The van der Waals surface area contributed by atoms with Gasteiger partial charge in [-0.2, -0.15) is 10.3 Å². The summed E-state index contributed by atoms with van der Waals surface area (Å²) in [5.74, 6) is 0. The number of hydrogen-bond donors (Lipinski definition) is 0. The number of nitrogens with zero attached hydrogens (tertiary/aromatic N) is 3. The van der Waals surface area contributed by atoms with E-state index in [1.807, 2.05) is 7.05 Å². The van der Waals surface area contributed by atoms with Crippen molar-refractivity contribution in [3.8, 4) is 6.07 Å². The van der Waals surface area contributed by atoms with Gasteiger partial charge < -0.3 is 4.90 Å². The maximum absolute atomic E-state index is 10.2. The zero-order valence-electron chi connectivity index (χ0n) is 7.79. The molecule has 0 saturated carbocycles. The first-order valence-corrected chi connectivity index (χ1v) is 4.41. The third-order valence-corrected chi connectivity index (χ3v) is 2.51. The fourth-order valence-corrected chi connectivity index (χ4v) is 1.59. The van der Waals surface area contributed by atoms with Crippen molar-refractivity contribution in [1.29, 1.82) is 5.26 Å². The fourth-order valence-electron chi connectivity index (χ4n) is 1.59. The summed E-state index contributed by atoms with van der Waals surface area (Å²) in [4.78, 5) is 16.0. The summed E-state index contributed by atoms with van der Waals surface area (Å²) >= 11 is 0. The van der Waals surface area contributed by atoms with Gasteiger partial charge in [-0.25, -0.2) is 4.79 Å². The van der Waals surface area contributed by atoms with E-state index in [9.17, 15) is 4.79 Å². The summed E-state index contributed by atoms with van der Waals surface area (Å²) < 4.78 is 0. The third kappa shape index (κ3) is 2.38. The highest BCUT2D eigenvalue weighted by Gasteiger charge is 2.31. The Balaban J connectivity index is 2.76. The van der Waals surface area contributed by atoms with Gasteiger partial charge in [0.05, 0.1) is 6.07 Å². The molecule has 1 rings (SSSR count). The molecule has 1 fully saturated rings. The molecular weight excluding hydrogens is 166 g/mol. The summed E-state index contributed by atoms with van der Waals surface area (Å²) in [6.45, 7) is 1.79. The Morgan fingerprint density at radius 2 is 2.23 bits per heavy atom. The minimum Gasteiger partial charge on any atom is -0.306 e. The monoisotopic (exact) mass is 179 g/mol. The maximum Gasteiger partial charge on any atom is 0.236 e. The summed E-state index contributed by atoms with van der Waals surface area (Å²) in [6.07, 6.45) is 3.72. The molecule has 1 unspecified atom stereocenters. The summed E-state index contributed by atoms with van der Waals surface area (Å²) in [7, 11) is 2.01. The van der Waals surface area contributed by atoms with Crippen molar-refractivity contribution in [2.24, 2.45) is 4.99 Å². The number of hydrogen-bond acceptors (Lipinski definition) is 4. The standard InChI is InChI=1S/C9H13N3O/c1-12-5-2-3-9(7-10,4-6-12)11-8-13/h2-6H2,1H3. The first kappa shape index (κ1) is 9.91. The first-order valence-electron chi connectivity index (χ1n) is 4.41. The zero-order chi connectivity index (χ0) is 9.73. The lowest BCUT2D eigenvalue weighted by Gasteiger charge is -2.17. The lowest BCUT2D eigenvalue weighted by Crippen LogP contribution is -2.26. The molecule has 0 radical (unpaired) electrons. The number of carbonyl (C=O) groups excluding carboxylic acids is 1. The number of rotatable bonds is 1. The molecule has 1 saturated heterocycles. The topological polar surface area (TPSA) is 56.5 Å². The van der Waals surface area contributed by atoms with Gasteiger partial charge in [-0.15, -0.1) is 0 Å². The van der Waals surface area contributed by atoms with Crippen LogP contribution in [0.2, 0.25) is 0 Å². The predicted octanol–water partition coefficient (Wildman–Crippen LogP) is 0.700. The summed E-state index contributed by atoms with van der Waals surface area (Å²) in [6, 6.07) is 2.12. The zero-order valence-corrected chi connectivity index (χ0v) is 7.79. The normalized spacial score (nSPS) is 29.8. The number of aliphatic imine (C=N–C) groups is 1. The van der Waals surface area contributed by atoms with Gasteiger partial charge in [0.15, 0.2) is 5.54 Å². The van der Waals surface area contributed by atoms with Crippen molar-refractivity contribution in [1.82, 2.24) is 4.90 Å². The molecule has 70 valence electrons. The molecule has 1 aliphatic rings. The third-order valence-electron chi connectivity index (χ3n) is 2.51. The highest BCUT2D eigenvalue weighted by molar-refractivity contribution is 5.37. The Hall–Kier alpha value is -1.17. The molecule has 0 spiro atoms. The van der Waals surface area contributed by atoms with Gasteiger partial charge in [0.1, 0.15) is 0 Å². The molecule has 0 N–H and O–H groups in total. The predicted molar refractivity (Wildman–Crippen MR) is 47.8 cm³/mol. The number of isocyanates is 1. The van der Waals surface area contributed by atoms with Crippen molar-refractivity contribution < 1.29 is 4.79 Å². The van der Waals surface area contributed by atoms with Crippen LogP contribution in [0, 0.1) is 11.3 Å². The SMILES string of the molecule is CN1CCCC(C#N)(N=C=O)CC1. The molecule has 4 nitrogen and oxygen atoms in total. The van der Waals surface area contributed by atoms with Crippen LogP contribution in [0.3, 0.4) is 0 Å². The summed E-state index contributed by atoms with van der Waals surface area (Å²) in [5.41, 5.74) is -0.799. The Kier molecular flexibility index (Phi) is 3.18. The van der Waals surface area contributed by atoms with Gasteiger partial charge in [-0.05, 0) is 32.9 Å². The van der Waals surface area contributed by atoms with E-state index in [0.29, 0.717) is 12.8 Å². The van der Waals surface area contributed by atoms with Crippen molar-refractivity contribution in [3.05, 3.63) is 0 Å². The van der Waals surface area contributed by atoms with E-state index in [2.05, 4.69) is 16.0 Å². The van der Waals surface area contributed by atoms with Crippen LogP contribution < -0.4 is 0 Å². The molecule has 4 heteroatoms. The van der Waals surface area contributed by atoms with Gasteiger partial charge in [0.25, 0.3) is 0 Å². The molecular formula is C9H13N3O. The van der Waals surface area contributed by atoms with E-state index in [-0.39, 0.29) is 0 Å². The van der Waals surface area contributed by atoms with Crippen LogP contribution in [-0.2, 0) is 4.79 Å². The van der Waals surface area contributed by atoms with Crippen molar-refractivity contribution in [2.75, 3.05) is 20.1 Å². The van der Waals surface area contributed by atoms with Crippen LogP contribution in [0.5, 0.6) is 0 Å². The smallest absolute Gasteiger partial charge is 0.236 e. The van der Waals surface area contributed by atoms with Crippen molar-refractivity contribution in [3.63, 3.8) is 0 Å². The molecule has 0 aliphatic carbocycles. The van der Waals surface area contributed by atoms with Crippen LogP contribution in [0.1, 0.15) is 19.3 Å². The first-order chi connectivity index (χ1) is 6.22. The van der Waals surface area contributed by atoms with E-state index < -0.39 is 5.54 Å². The van der Waals surface area contributed by atoms with E-state index in [1.54, 1.807) is 0 Å². The van der Waals surface area contributed by atoms with E-state index in [1.165, 1.54) is 6.08 Å².